The molecule has 1 aromatic carbocycles. The van der Waals surface area contributed by atoms with Crippen LogP contribution in [0.25, 0.3) is 0 Å². The largest absolute Gasteiger partial charge is 0.327 e. The van der Waals surface area contributed by atoms with Crippen LogP contribution in [-0.4, -0.2) is 19.2 Å². The van der Waals surface area contributed by atoms with Gasteiger partial charge in [-0.15, -0.1) is 0 Å². The van der Waals surface area contributed by atoms with E-state index < -0.39 is 14.6 Å². The molecule has 2 N–H and O–H groups in total. The van der Waals surface area contributed by atoms with E-state index in [0.717, 1.165) is 12.0 Å². The summed E-state index contributed by atoms with van der Waals surface area (Å²) < 4.78 is 24.5. The first-order valence-electron chi connectivity index (χ1n) is 5.97. The Balaban J connectivity index is 2.46. The Labute approximate surface area is 103 Å². The van der Waals surface area contributed by atoms with E-state index in [1.54, 1.807) is 19.1 Å². The maximum Gasteiger partial charge on any atom is 0.185 e. The van der Waals surface area contributed by atoms with Crippen molar-refractivity contribution >= 4 is 9.84 Å². The molecule has 94 valence electrons. The summed E-state index contributed by atoms with van der Waals surface area (Å²) in [4.78, 5) is 0.403. The standard InChI is InChI=1S/C13H19NO2S/c1-10-4-6-12(7-5-10)17(15,16)13(11(2)14)8-3-9-13/h4-7,11H,3,8-9,14H2,1-2H3. The molecule has 0 spiro atoms. The van der Waals surface area contributed by atoms with Gasteiger partial charge < -0.3 is 5.73 Å². The molecular formula is C13H19NO2S. The first kappa shape index (κ1) is 12.6. The smallest absolute Gasteiger partial charge is 0.185 e. The normalized spacial score (nSPS) is 20.6. The third-order valence-corrected chi connectivity index (χ3v) is 6.64. The van der Waals surface area contributed by atoms with Crippen molar-refractivity contribution in [3.63, 3.8) is 0 Å². The van der Waals surface area contributed by atoms with E-state index in [1.165, 1.54) is 0 Å². The number of benzene rings is 1. The summed E-state index contributed by atoms with van der Waals surface area (Å²) in [6, 6.07) is 6.73. The van der Waals surface area contributed by atoms with Crippen molar-refractivity contribution in [2.45, 2.75) is 48.8 Å². The average Bonchev–Trinajstić information content (AvgIpc) is 2.14. The number of aryl methyl sites for hydroxylation is 1. The summed E-state index contributed by atoms with van der Waals surface area (Å²) in [7, 11) is -3.30. The Kier molecular flexibility index (Phi) is 3.04. The SMILES string of the molecule is Cc1ccc(S(=O)(=O)C2(C(C)N)CCC2)cc1. The zero-order chi connectivity index (χ0) is 12.7. The lowest BCUT2D eigenvalue weighted by molar-refractivity contribution is 0.296. The zero-order valence-electron chi connectivity index (χ0n) is 10.3. The summed E-state index contributed by atoms with van der Waals surface area (Å²) in [5, 5.41) is 0. The molecule has 1 unspecified atom stereocenters. The molecule has 1 saturated carbocycles. The minimum absolute atomic E-state index is 0.317. The van der Waals surface area contributed by atoms with Crippen LogP contribution in [0.1, 0.15) is 31.7 Å². The van der Waals surface area contributed by atoms with Gasteiger partial charge >= 0.3 is 0 Å². The van der Waals surface area contributed by atoms with Crippen molar-refractivity contribution in [1.82, 2.24) is 0 Å². The Morgan fingerprint density at radius 1 is 1.24 bits per heavy atom. The molecule has 0 aliphatic heterocycles. The van der Waals surface area contributed by atoms with Gasteiger partial charge in [0.1, 0.15) is 0 Å². The summed E-state index contributed by atoms with van der Waals surface area (Å²) in [5.74, 6) is 0. The molecule has 0 bridgehead atoms. The second kappa shape index (κ2) is 4.10. The Morgan fingerprint density at radius 3 is 2.12 bits per heavy atom. The van der Waals surface area contributed by atoms with Crippen LogP contribution < -0.4 is 5.73 Å². The second-order valence-electron chi connectivity index (χ2n) is 5.02. The zero-order valence-corrected chi connectivity index (χ0v) is 11.1. The number of nitrogens with two attached hydrogens (primary N) is 1. The molecule has 1 aromatic rings. The highest BCUT2D eigenvalue weighted by atomic mass is 32.2. The quantitative estimate of drug-likeness (QED) is 0.896. The molecule has 3 nitrogen and oxygen atoms in total. The van der Waals surface area contributed by atoms with E-state index in [2.05, 4.69) is 0 Å². The van der Waals surface area contributed by atoms with Crippen molar-refractivity contribution in [2.24, 2.45) is 5.73 Å². The molecule has 0 saturated heterocycles. The molecule has 1 fully saturated rings. The van der Waals surface area contributed by atoms with Gasteiger partial charge in [0, 0.05) is 6.04 Å². The second-order valence-corrected chi connectivity index (χ2v) is 7.31. The highest BCUT2D eigenvalue weighted by molar-refractivity contribution is 7.93. The predicted molar refractivity (Wildman–Crippen MR) is 68.6 cm³/mol. The van der Waals surface area contributed by atoms with Gasteiger partial charge in [0.25, 0.3) is 0 Å². The maximum absolute atomic E-state index is 12.6. The van der Waals surface area contributed by atoms with Gasteiger partial charge in [-0.05, 0) is 38.8 Å². The Hall–Kier alpha value is -0.870. The molecule has 0 aromatic heterocycles. The highest BCUT2D eigenvalue weighted by Gasteiger charge is 2.52. The van der Waals surface area contributed by atoms with E-state index in [-0.39, 0.29) is 6.04 Å². The molecule has 1 atom stereocenters. The van der Waals surface area contributed by atoms with Crippen LogP contribution in [-0.2, 0) is 9.84 Å². The fourth-order valence-corrected chi connectivity index (χ4v) is 4.73. The van der Waals surface area contributed by atoms with E-state index in [0.29, 0.717) is 17.7 Å². The molecule has 1 aliphatic rings. The minimum Gasteiger partial charge on any atom is -0.327 e. The number of hydrogen-bond acceptors (Lipinski definition) is 3. The monoisotopic (exact) mass is 253 g/mol. The fraction of sp³-hybridized carbons (Fsp3) is 0.538. The van der Waals surface area contributed by atoms with Crippen LogP contribution in [0.4, 0.5) is 0 Å². The lowest BCUT2D eigenvalue weighted by atomic mass is 9.79. The summed E-state index contributed by atoms with van der Waals surface area (Å²) in [6.45, 7) is 3.74. The van der Waals surface area contributed by atoms with Crippen molar-refractivity contribution in [1.29, 1.82) is 0 Å². The Bertz CT molecular complexity index is 499. The van der Waals surface area contributed by atoms with Crippen LogP contribution in [0.2, 0.25) is 0 Å². The van der Waals surface area contributed by atoms with Crippen LogP contribution >= 0.6 is 0 Å². The highest BCUT2D eigenvalue weighted by Crippen LogP contribution is 2.44. The molecule has 4 heteroatoms. The summed E-state index contributed by atoms with van der Waals surface area (Å²) in [5.41, 5.74) is 6.97. The van der Waals surface area contributed by atoms with Gasteiger partial charge in [0.15, 0.2) is 9.84 Å². The third-order valence-electron chi connectivity index (χ3n) is 3.90. The van der Waals surface area contributed by atoms with Crippen LogP contribution in [0.5, 0.6) is 0 Å². The topological polar surface area (TPSA) is 60.2 Å². The minimum atomic E-state index is -3.30. The molecule has 1 aliphatic carbocycles. The van der Waals surface area contributed by atoms with Crippen molar-refractivity contribution < 1.29 is 8.42 Å². The first-order valence-corrected chi connectivity index (χ1v) is 7.45. The molecule has 0 heterocycles. The van der Waals surface area contributed by atoms with Crippen LogP contribution in [0.3, 0.4) is 0 Å². The summed E-state index contributed by atoms with van der Waals surface area (Å²) >= 11 is 0. The maximum atomic E-state index is 12.6. The molecule has 17 heavy (non-hydrogen) atoms. The van der Waals surface area contributed by atoms with E-state index in [9.17, 15) is 8.42 Å². The van der Waals surface area contributed by atoms with Gasteiger partial charge in [-0.3, -0.25) is 0 Å². The first-order chi connectivity index (χ1) is 7.90. The third kappa shape index (κ3) is 1.79. The van der Waals surface area contributed by atoms with Crippen molar-refractivity contribution in [2.75, 3.05) is 0 Å². The van der Waals surface area contributed by atoms with Gasteiger partial charge in [0.05, 0.1) is 9.64 Å². The summed E-state index contributed by atoms with van der Waals surface area (Å²) in [6.07, 6.45) is 2.31. The lowest BCUT2D eigenvalue weighted by Gasteiger charge is -2.44. The van der Waals surface area contributed by atoms with Gasteiger partial charge in [-0.2, -0.15) is 0 Å². The van der Waals surface area contributed by atoms with E-state index in [4.69, 9.17) is 5.73 Å². The molecule has 2 rings (SSSR count). The average molecular weight is 253 g/mol. The van der Waals surface area contributed by atoms with E-state index >= 15 is 0 Å². The van der Waals surface area contributed by atoms with Gasteiger partial charge in [0.2, 0.25) is 0 Å². The fourth-order valence-electron chi connectivity index (χ4n) is 2.45. The van der Waals surface area contributed by atoms with Crippen molar-refractivity contribution in [3.8, 4) is 0 Å². The van der Waals surface area contributed by atoms with Crippen LogP contribution in [0.15, 0.2) is 29.2 Å². The number of hydrogen-bond donors (Lipinski definition) is 1. The predicted octanol–water partition coefficient (Wildman–Crippen LogP) is 2.04. The lowest BCUT2D eigenvalue weighted by Crippen LogP contribution is -2.56. The van der Waals surface area contributed by atoms with Gasteiger partial charge in [-0.25, -0.2) is 8.42 Å². The van der Waals surface area contributed by atoms with Gasteiger partial charge in [-0.1, -0.05) is 24.1 Å². The Morgan fingerprint density at radius 2 is 1.76 bits per heavy atom. The number of rotatable bonds is 3. The molecular weight excluding hydrogens is 234 g/mol. The van der Waals surface area contributed by atoms with Crippen LogP contribution in [0, 0.1) is 6.92 Å². The van der Waals surface area contributed by atoms with Crippen molar-refractivity contribution in [3.05, 3.63) is 29.8 Å². The van der Waals surface area contributed by atoms with E-state index in [1.807, 2.05) is 19.1 Å². The molecule has 0 radical (unpaired) electrons. The molecule has 0 amide bonds. The number of sulfone groups is 1.